The van der Waals surface area contributed by atoms with Crippen molar-refractivity contribution in [3.05, 3.63) is 54.2 Å². The van der Waals surface area contributed by atoms with Crippen LogP contribution >= 0.6 is 0 Å². The van der Waals surface area contributed by atoms with Gasteiger partial charge in [-0.3, -0.25) is 0 Å². The van der Waals surface area contributed by atoms with E-state index in [4.69, 9.17) is 10.1 Å². The smallest absolute Gasteiger partial charge is 0.0963 e. The first kappa shape index (κ1) is 12.3. The van der Waals surface area contributed by atoms with E-state index >= 15 is 0 Å². The van der Waals surface area contributed by atoms with Gasteiger partial charge in [0.15, 0.2) is 0 Å². The highest BCUT2D eigenvalue weighted by Gasteiger charge is 2.14. The van der Waals surface area contributed by atoms with Crippen LogP contribution in [0.2, 0.25) is 0 Å². The highest BCUT2D eigenvalue weighted by molar-refractivity contribution is 5.98. The molecule has 0 aliphatic carbocycles. The molecule has 0 aliphatic heterocycles. The van der Waals surface area contributed by atoms with Gasteiger partial charge in [0, 0.05) is 5.39 Å². The molecule has 0 radical (unpaired) electrons. The lowest BCUT2D eigenvalue weighted by atomic mass is 10.1. The summed E-state index contributed by atoms with van der Waals surface area (Å²) >= 11 is 0. The molecule has 3 nitrogen and oxygen atoms in total. The van der Waals surface area contributed by atoms with Crippen LogP contribution in [0.15, 0.2) is 48.5 Å². The van der Waals surface area contributed by atoms with Gasteiger partial charge in [0.2, 0.25) is 0 Å². The third-order valence-corrected chi connectivity index (χ3v) is 3.82. The zero-order valence-electron chi connectivity index (χ0n) is 12.2. The minimum atomic E-state index is 0.566. The molecule has 2 heterocycles. The molecule has 104 valence electrons. The summed E-state index contributed by atoms with van der Waals surface area (Å²) in [6.45, 7) is 4.46. The maximum atomic E-state index is 4.91. The summed E-state index contributed by atoms with van der Waals surface area (Å²) < 4.78 is 2.06. The molecule has 0 amide bonds. The molecule has 2 aromatic carbocycles. The largest absolute Gasteiger partial charge is 0.249 e. The number of hydrogen-bond donors (Lipinski definition) is 0. The summed E-state index contributed by atoms with van der Waals surface area (Å²) in [7, 11) is 0. The Kier molecular flexibility index (Phi) is 2.67. The van der Waals surface area contributed by atoms with Crippen molar-refractivity contribution in [1.29, 1.82) is 0 Å². The Bertz CT molecular complexity index is 951. The Hall–Kier alpha value is -2.42. The Morgan fingerprint density at radius 3 is 2.48 bits per heavy atom. The van der Waals surface area contributed by atoms with Crippen LogP contribution in [0.4, 0.5) is 0 Å². The molecule has 0 saturated carbocycles. The maximum absolute atomic E-state index is 4.91. The number of fused-ring (bicyclic) bond motifs is 5. The second kappa shape index (κ2) is 4.55. The van der Waals surface area contributed by atoms with Gasteiger partial charge in [-0.05, 0) is 30.5 Å². The highest BCUT2D eigenvalue weighted by Crippen LogP contribution is 2.27. The van der Waals surface area contributed by atoms with Crippen LogP contribution in [0.5, 0.6) is 0 Å². The van der Waals surface area contributed by atoms with Crippen molar-refractivity contribution >= 4 is 27.5 Å². The van der Waals surface area contributed by atoms with Crippen LogP contribution in [-0.2, 0) is 6.42 Å². The first-order valence-corrected chi connectivity index (χ1v) is 7.39. The first-order valence-electron chi connectivity index (χ1n) is 7.39. The predicted molar refractivity (Wildman–Crippen MR) is 86.5 cm³/mol. The first-order chi connectivity index (χ1) is 10.2. The van der Waals surface area contributed by atoms with Crippen LogP contribution in [0.25, 0.3) is 27.5 Å². The molecule has 4 rings (SSSR count). The fraction of sp³-hybridized carbons (Fsp3) is 0.222. The molecule has 0 spiro atoms. The third-order valence-electron chi connectivity index (χ3n) is 3.82. The number of hydrogen-bond acceptors (Lipinski definition) is 2. The number of benzene rings is 2. The van der Waals surface area contributed by atoms with Gasteiger partial charge in [-0.1, -0.05) is 44.2 Å². The van der Waals surface area contributed by atoms with Crippen LogP contribution in [-0.4, -0.2) is 14.6 Å². The van der Waals surface area contributed by atoms with E-state index in [1.807, 2.05) is 18.2 Å². The Morgan fingerprint density at radius 1 is 0.952 bits per heavy atom. The van der Waals surface area contributed by atoms with Gasteiger partial charge in [0.1, 0.15) is 0 Å². The standard InChI is InChI=1S/C18H17N3/c1-12(2)11-16-18-13-7-3-4-8-14(13)20-21(18)17-10-6-5-9-15(17)19-16/h3-10,12H,11H2,1-2H3. The Morgan fingerprint density at radius 2 is 1.67 bits per heavy atom. The summed E-state index contributed by atoms with van der Waals surface area (Å²) in [4.78, 5) is 4.91. The molecule has 0 N–H and O–H groups in total. The summed E-state index contributed by atoms with van der Waals surface area (Å²) in [5, 5.41) is 5.97. The van der Waals surface area contributed by atoms with E-state index in [0.29, 0.717) is 5.92 Å². The number of rotatable bonds is 2. The van der Waals surface area contributed by atoms with Crippen LogP contribution in [0, 0.1) is 5.92 Å². The average molecular weight is 275 g/mol. The lowest BCUT2D eigenvalue weighted by Crippen LogP contribution is -2.03. The van der Waals surface area contributed by atoms with Gasteiger partial charge in [-0.25, -0.2) is 9.50 Å². The molecule has 0 saturated heterocycles. The summed E-state index contributed by atoms with van der Waals surface area (Å²) in [5.74, 6) is 0.566. The molecule has 4 aromatic rings. The molecule has 3 heteroatoms. The Labute approximate surface area is 123 Å². The summed E-state index contributed by atoms with van der Waals surface area (Å²) in [6, 6.07) is 16.5. The third kappa shape index (κ3) is 1.88. The number of nitrogens with zero attached hydrogens (tertiary/aromatic N) is 3. The molecule has 21 heavy (non-hydrogen) atoms. The van der Waals surface area contributed by atoms with E-state index in [-0.39, 0.29) is 0 Å². The fourth-order valence-electron chi connectivity index (χ4n) is 2.95. The zero-order valence-corrected chi connectivity index (χ0v) is 12.2. The molecular weight excluding hydrogens is 258 g/mol. The molecule has 0 atom stereocenters. The predicted octanol–water partition coefficient (Wildman–Crippen LogP) is 4.23. The van der Waals surface area contributed by atoms with Crippen molar-refractivity contribution in [2.45, 2.75) is 20.3 Å². The molecule has 2 aromatic heterocycles. The van der Waals surface area contributed by atoms with Crippen LogP contribution < -0.4 is 0 Å². The number of aromatic nitrogens is 3. The normalized spacial score (nSPS) is 12.0. The van der Waals surface area contributed by atoms with Crippen molar-refractivity contribution < 1.29 is 0 Å². The summed E-state index contributed by atoms with van der Waals surface area (Å²) in [6.07, 6.45) is 0.962. The second-order valence-corrected chi connectivity index (χ2v) is 5.92. The van der Waals surface area contributed by atoms with Gasteiger partial charge in [-0.2, -0.15) is 5.10 Å². The van der Waals surface area contributed by atoms with Gasteiger partial charge in [0.25, 0.3) is 0 Å². The van der Waals surface area contributed by atoms with Gasteiger partial charge >= 0.3 is 0 Å². The van der Waals surface area contributed by atoms with Crippen molar-refractivity contribution in [2.24, 2.45) is 5.92 Å². The number of para-hydroxylation sites is 2. The molecule has 0 aliphatic rings. The zero-order chi connectivity index (χ0) is 14.4. The lowest BCUT2D eigenvalue weighted by molar-refractivity contribution is 0.638. The van der Waals surface area contributed by atoms with E-state index in [9.17, 15) is 0 Å². The van der Waals surface area contributed by atoms with Crippen molar-refractivity contribution in [2.75, 3.05) is 0 Å². The second-order valence-electron chi connectivity index (χ2n) is 5.92. The van der Waals surface area contributed by atoms with Crippen molar-refractivity contribution in [3.63, 3.8) is 0 Å². The lowest BCUT2D eigenvalue weighted by Gasteiger charge is -2.09. The minimum Gasteiger partial charge on any atom is -0.249 e. The van der Waals surface area contributed by atoms with E-state index in [1.165, 1.54) is 5.39 Å². The Balaban J connectivity index is 2.21. The van der Waals surface area contributed by atoms with E-state index in [0.717, 1.165) is 34.2 Å². The van der Waals surface area contributed by atoms with Crippen molar-refractivity contribution in [3.8, 4) is 0 Å². The van der Waals surface area contributed by atoms with Gasteiger partial charge in [-0.15, -0.1) is 0 Å². The van der Waals surface area contributed by atoms with Gasteiger partial charge in [0.05, 0.1) is 27.8 Å². The average Bonchev–Trinajstić information content (AvgIpc) is 2.86. The monoisotopic (exact) mass is 275 g/mol. The molecule has 0 unspecified atom stereocenters. The van der Waals surface area contributed by atoms with E-state index in [1.54, 1.807) is 0 Å². The highest BCUT2D eigenvalue weighted by atomic mass is 15.2. The molecule has 0 bridgehead atoms. The quantitative estimate of drug-likeness (QED) is 0.548. The van der Waals surface area contributed by atoms with Gasteiger partial charge < -0.3 is 0 Å². The van der Waals surface area contributed by atoms with Crippen molar-refractivity contribution in [1.82, 2.24) is 14.6 Å². The van der Waals surface area contributed by atoms with E-state index in [2.05, 4.69) is 48.7 Å². The van der Waals surface area contributed by atoms with Crippen LogP contribution in [0.1, 0.15) is 19.5 Å². The summed E-state index contributed by atoms with van der Waals surface area (Å²) in [5.41, 5.74) is 5.39. The van der Waals surface area contributed by atoms with E-state index < -0.39 is 0 Å². The van der Waals surface area contributed by atoms with Crippen LogP contribution in [0.3, 0.4) is 0 Å². The topological polar surface area (TPSA) is 30.2 Å². The molecular formula is C18H17N3. The minimum absolute atomic E-state index is 0.566. The fourth-order valence-corrected chi connectivity index (χ4v) is 2.95. The molecule has 0 fully saturated rings. The maximum Gasteiger partial charge on any atom is 0.0963 e. The SMILES string of the molecule is CC(C)Cc1nc2ccccc2n2nc3ccccc3c12.